The standard InChI is InChI=1S/C23H26N6OS/c1-16-5-4-6-18(13-16)22-25-26-23(31)29(22)15-21(30)24-19-7-8-20-17(14-19)9-10-28(20)12-11-27(2)3/h4-10,13-14H,11-12,15H2,1-3H3,(H,24,30)(H,26,31). The molecule has 0 fully saturated rings. The van der Waals surface area contributed by atoms with Crippen LogP contribution in [0.5, 0.6) is 0 Å². The van der Waals surface area contributed by atoms with Gasteiger partial charge in [0.1, 0.15) is 6.54 Å². The van der Waals surface area contributed by atoms with Crippen LogP contribution in [0.3, 0.4) is 0 Å². The smallest absolute Gasteiger partial charge is 0.244 e. The number of aromatic amines is 1. The van der Waals surface area contributed by atoms with Crippen LogP contribution in [0, 0.1) is 11.7 Å². The van der Waals surface area contributed by atoms with Crippen LogP contribution in [0.2, 0.25) is 0 Å². The fourth-order valence-electron chi connectivity index (χ4n) is 3.59. The maximum Gasteiger partial charge on any atom is 0.244 e. The van der Waals surface area contributed by atoms with Crippen molar-refractivity contribution in [3.63, 3.8) is 0 Å². The largest absolute Gasteiger partial charge is 0.346 e. The van der Waals surface area contributed by atoms with Gasteiger partial charge in [-0.3, -0.25) is 14.5 Å². The van der Waals surface area contributed by atoms with E-state index in [1.165, 1.54) is 0 Å². The Bertz CT molecular complexity index is 1280. The van der Waals surface area contributed by atoms with Crippen LogP contribution >= 0.6 is 12.2 Å². The molecule has 0 unspecified atom stereocenters. The number of carbonyl (C=O) groups is 1. The van der Waals surface area contributed by atoms with Crippen molar-refractivity contribution in [2.45, 2.75) is 20.0 Å². The van der Waals surface area contributed by atoms with Gasteiger partial charge in [0.15, 0.2) is 10.6 Å². The molecule has 4 rings (SSSR count). The number of anilines is 1. The molecule has 2 heterocycles. The third kappa shape index (κ3) is 4.76. The highest BCUT2D eigenvalue weighted by atomic mass is 32.1. The maximum atomic E-state index is 12.8. The van der Waals surface area contributed by atoms with E-state index in [1.807, 2.05) is 49.4 Å². The summed E-state index contributed by atoms with van der Waals surface area (Å²) in [5.41, 5.74) is 3.95. The van der Waals surface area contributed by atoms with E-state index in [0.29, 0.717) is 10.6 Å². The van der Waals surface area contributed by atoms with Crippen LogP contribution in [0.1, 0.15) is 5.56 Å². The fourth-order valence-corrected chi connectivity index (χ4v) is 3.79. The molecule has 0 aliphatic rings. The zero-order valence-electron chi connectivity index (χ0n) is 17.9. The highest BCUT2D eigenvalue weighted by Gasteiger charge is 2.13. The lowest BCUT2D eigenvalue weighted by molar-refractivity contribution is -0.116. The zero-order valence-corrected chi connectivity index (χ0v) is 18.7. The minimum absolute atomic E-state index is 0.0838. The molecule has 8 heteroatoms. The van der Waals surface area contributed by atoms with Gasteiger partial charge in [0, 0.05) is 41.4 Å². The monoisotopic (exact) mass is 434 g/mol. The first kappa shape index (κ1) is 21.0. The third-order valence-electron chi connectivity index (χ3n) is 5.18. The summed E-state index contributed by atoms with van der Waals surface area (Å²) in [5, 5.41) is 11.2. The Kier molecular flexibility index (Phi) is 6.01. The number of carbonyl (C=O) groups excluding carboxylic acids is 1. The molecule has 0 atom stereocenters. The van der Waals surface area contributed by atoms with E-state index in [9.17, 15) is 4.79 Å². The molecule has 7 nitrogen and oxygen atoms in total. The summed E-state index contributed by atoms with van der Waals surface area (Å²) >= 11 is 5.36. The van der Waals surface area contributed by atoms with E-state index in [2.05, 4.69) is 51.3 Å². The van der Waals surface area contributed by atoms with Crippen LogP contribution in [-0.2, 0) is 17.9 Å². The van der Waals surface area contributed by atoms with E-state index in [0.717, 1.165) is 40.8 Å². The molecular weight excluding hydrogens is 408 g/mol. The van der Waals surface area contributed by atoms with Gasteiger partial charge in [-0.25, -0.2) is 0 Å². The van der Waals surface area contributed by atoms with E-state index in [1.54, 1.807) is 4.57 Å². The number of hydrogen-bond donors (Lipinski definition) is 2. The van der Waals surface area contributed by atoms with Gasteiger partial charge in [0.25, 0.3) is 0 Å². The molecule has 0 saturated carbocycles. The molecule has 160 valence electrons. The number of aryl methyl sites for hydroxylation is 1. The number of fused-ring (bicyclic) bond motifs is 1. The summed E-state index contributed by atoms with van der Waals surface area (Å²) in [6.07, 6.45) is 2.08. The lowest BCUT2D eigenvalue weighted by Crippen LogP contribution is -2.19. The maximum absolute atomic E-state index is 12.8. The van der Waals surface area contributed by atoms with Crippen molar-refractivity contribution in [3.8, 4) is 11.4 Å². The molecule has 1 amide bonds. The average molecular weight is 435 g/mol. The van der Waals surface area contributed by atoms with Gasteiger partial charge in [-0.1, -0.05) is 23.8 Å². The second-order valence-corrected chi connectivity index (χ2v) is 8.33. The van der Waals surface area contributed by atoms with Crippen molar-refractivity contribution in [3.05, 3.63) is 65.1 Å². The first-order valence-corrected chi connectivity index (χ1v) is 10.6. The molecule has 0 spiro atoms. The molecule has 0 aliphatic carbocycles. The van der Waals surface area contributed by atoms with Crippen LogP contribution in [0.15, 0.2) is 54.7 Å². The van der Waals surface area contributed by atoms with Crippen molar-refractivity contribution < 1.29 is 4.79 Å². The Hall–Kier alpha value is -3.23. The Balaban J connectivity index is 1.50. The van der Waals surface area contributed by atoms with E-state index in [-0.39, 0.29) is 12.5 Å². The summed E-state index contributed by atoms with van der Waals surface area (Å²) < 4.78 is 4.36. The van der Waals surface area contributed by atoms with Crippen molar-refractivity contribution in [1.82, 2.24) is 24.2 Å². The van der Waals surface area contributed by atoms with Gasteiger partial charge >= 0.3 is 0 Å². The van der Waals surface area contributed by atoms with Crippen LogP contribution in [0.25, 0.3) is 22.3 Å². The summed E-state index contributed by atoms with van der Waals surface area (Å²) in [4.78, 5) is 14.9. The van der Waals surface area contributed by atoms with Gasteiger partial charge in [-0.05, 0) is 63.6 Å². The van der Waals surface area contributed by atoms with E-state index in [4.69, 9.17) is 12.2 Å². The van der Waals surface area contributed by atoms with Gasteiger partial charge in [-0.2, -0.15) is 5.10 Å². The summed E-state index contributed by atoms with van der Waals surface area (Å²) in [7, 11) is 4.13. The van der Waals surface area contributed by atoms with E-state index < -0.39 is 0 Å². The first-order valence-electron chi connectivity index (χ1n) is 10.2. The number of rotatable bonds is 7. The van der Waals surface area contributed by atoms with Crippen molar-refractivity contribution in [1.29, 1.82) is 0 Å². The topological polar surface area (TPSA) is 70.9 Å². The molecule has 0 aliphatic heterocycles. The second kappa shape index (κ2) is 8.87. The zero-order chi connectivity index (χ0) is 22.0. The number of likely N-dealkylation sites (N-methyl/N-ethyl adjacent to an activating group) is 1. The second-order valence-electron chi connectivity index (χ2n) is 7.94. The molecule has 4 aromatic rings. The predicted molar refractivity (Wildman–Crippen MR) is 127 cm³/mol. The van der Waals surface area contributed by atoms with Crippen LogP contribution < -0.4 is 5.32 Å². The average Bonchev–Trinajstić information content (AvgIpc) is 3.29. The Labute approximate surface area is 186 Å². The predicted octanol–water partition coefficient (Wildman–Crippen LogP) is 4.07. The highest BCUT2D eigenvalue weighted by Crippen LogP contribution is 2.22. The Morgan fingerprint density at radius 2 is 2.03 bits per heavy atom. The molecule has 0 bridgehead atoms. The minimum atomic E-state index is -0.155. The SMILES string of the molecule is Cc1cccc(-c2n[nH]c(=S)n2CC(=O)Nc2ccc3c(ccn3CCN(C)C)c2)c1. The molecule has 0 saturated heterocycles. The quantitative estimate of drug-likeness (QED) is 0.430. The third-order valence-corrected chi connectivity index (χ3v) is 5.49. The molecular formula is C23H26N6OS. The highest BCUT2D eigenvalue weighted by molar-refractivity contribution is 7.71. The van der Waals surface area contributed by atoms with Gasteiger partial charge < -0.3 is 14.8 Å². The van der Waals surface area contributed by atoms with Gasteiger partial charge in [0.05, 0.1) is 0 Å². The number of amides is 1. The number of benzene rings is 2. The lowest BCUT2D eigenvalue weighted by atomic mass is 10.1. The van der Waals surface area contributed by atoms with E-state index >= 15 is 0 Å². The Morgan fingerprint density at radius 3 is 2.81 bits per heavy atom. The summed E-state index contributed by atoms with van der Waals surface area (Å²) in [6, 6.07) is 16.0. The molecule has 2 aromatic carbocycles. The van der Waals surface area contributed by atoms with Gasteiger partial charge in [0.2, 0.25) is 5.91 Å². The van der Waals surface area contributed by atoms with Gasteiger partial charge in [-0.15, -0.1) is 0 Å². The summed E-state index contributed by atoms with van der Waals surface area (Å²) in [6.45, 7) is 3.99. The number of nitrogens with one attached hydrogen (secondary N) is 2. The number of H-pyrrole nitrogens is 1. The van der Waals surface area contributed by atoms with Crippen molar-refractivity contribution >= 4 is 34.7 Å². The van der Waals surface area contributed by atoms with Crippen LogP contribution in [-0.4, -0.2) is 50.8 Å². The Morgan fingerprint density at radius 1 is 1.19 bits per heavy atom. The molecule has 2 N–H and O–H groups in total. The number of hydrogen-bond acceptors (Lipinski definition) is 4. The molecule has 0 radical (unpaired) electrons. The molecule has 31 heavy (non-hydrogen) atoms. The van der Waals surface area contributed by atoms with Crippen LogP contribution in [0.4, 0.5) is 5.69 Å². The summed E-state index contributed by atoms with van der Waals surface area (Å²) in [5.74, 6) is 0.495. The normalized spacial score (nSPS) is 11.4. The fraction of sp³-hybridized carbons (Fsp3) is 0.261. The molecule has 2 aromatic heterocycles. The van der Waals surface area contributed by atoms with Crippen molar-refractivity contribution in [2.24, 2.45) is 0 Å². The minimum Gasteiger partial charge on any atom is -0.346 e. The number of nitrogens with zero attached hydrogens (tertiary/aromatic N) is 4. The lowest BCUT2D eigenvalue weighted by Gasteiger charge is -2.12. The number of aromatic nitrogens is 4. The van der Waals surface area contributed by atoms with Crippen molar-refractivity contribution in [2.75, 3.05) is 26.0 Å². The first-order chi connectivity index (χ1) is 14.9.